The van der Waals surface area contributed by atoms with Crippen LogP contribution in [0.4, 0.5) is 0 Å². The van der Waals surface area contributed by atoms with Gasteiger partial charge in [-0.05, 0) is 61.6 Å². The summed E-state index contributed by atoms with van der Waals surface area (Å²) in [6.07, 6.45) is 3.60. The third-order valence-corrected chi connectivity index (χ3v) is 6.81. The van der Waals surface area contributed by atoms with Gasteiger partial charge in [0.2, 0.25) is 0 Å². The summed E-state index contributed by atoms with van der Waals surface area (Å²) in [5, 5.41) is 8.71. The molecule has 144 valence electrons. The number of aliphatic carboxylic acids is 1. The summed E-state index contributed by atoms with van der Waals surface area (Å²) in [7, 11) is -3.79. The van der Waals surface area contributed by atoms with Gasteiger partial charge in [-0.15, -0.1) is 0 Å². The van der Waals surface area contributed by atoms with Gasteiger partial charge >= 0.3 is 5.97 Å². The molecule has 1 aliphatic rings. The summed E-state index contributed by atoms with van der Waals surface area (Å²) >= 11 is 0. The highest BCUT2D eigenvalue weighted by molar-refractivity contribution is 7.92. The van der Waals surface area contributed by atoms with Crippen LogP contribution in [0, 0.1) is 0 Å². The molecule has 0 spiro atoms. The minimum Gasteiger partial charge on any atom is -0.480 e. The Balaban J connectivity index is 1.65. The van der Waals surface area contributed by atoms with E-state index in [2.05, 4.69) is 24.0 Å². The molecule has 2 aromatic carbocycles. The quantitative estimate of drug-likeness (QED) is 0.789. The van der Waals surface area contributed by atoms with E-state index in [1.165, 1.54) is 37.1 Å². The fourth-order valence-corrected chi connectivity index (χ4v) is 4.60. The van der Waals surface area contributed by atoms with E-state index < -0.39 is 21.6 Å². The SMILES string of the molecule is CC1CCCN1CCc1ccc(-c2ccc(S(=O)(=O)CC(=O)O)cc2)cc1. The summed E-state index contributed by atoms with van der Waals surface area (Å²) in [5.41, 5.74) is 3.21. The van der Waals surface area contributed by atoms with Gasteiger partial charge in [0.1, 0.15) is 0 Å². The third-order valence-electron chi connectivity index (χ3n) is 5.19. The second-order valence-corrected chi connectivity index (χ2v) is 9.14. The first kappa shape index (κ1) is 19.6. The van der Waals surface area contributed by atoms with Crippen molar-refractivity contribution in [2.45, 2.75) is 37.1 Å². The van der Waals surface area contributed by atoms with Crippen LogP contribution in [0.2, 0.25) is 0 Å². The van der Waals surface area contributed by atoms with Gasteiger partial charge in [-0.1, -0.05) is 36.4 Å². The van der Waals surface area contributed by atoms with E-state index in [1.54, 1.807) is 12.1 Å². The molecule has 1 N–H and O–H groups in total. The van der Waals surface area contributed by atoms with E-state index >= 15 is 0 Å². The van der Waals surface area contributed by atoms with E-state index in [9.17, 15) is 13.2 Å². The van der Waals surface area contributed by atoms with Crippen LogP contribution in [0.3, 0.4) is 0 Å². The van der Waals surface area contributed by atoms with Crippen LogP contribution < -0.4 is 0 Å². The highest BCUT2D eigenvalue weighted by Crippen LogP contribution is 2.23. The molecule has 1 heterocycles. The lowest BCUT2D eigenvalue weighted by atomic mass is 10.0. The first-order valence-corrected chi connectivity index (χ1v) is 10.9. The van der Waals surface area contributed by atoms with Gasteiger partial charge in [-0.2, -0.15) is 0 Å². The fourth-order valence-electron chi connectivity index (χ4n) is 3.56. The van der Waals surface area contributed by atoms with Crippen molar-refractivity contribution in [3.8, 4) is 11.1 Å². The van der Waals surface area contributed by atoms with Crippen LogP contribution in [-0.2, 0) is 21.1 Å². The molecule has 1 fully saturated rings. The molecule has 5 nitrogen and oxygen atoms in total. The zero-order chi connectivity index (χ0) is 19.4. The minimum atomic E-state index is -3.79. The van der Waals surface area contributed by atoms with Crippen molar-refractivity contribution < 1.29 is 18.3 Å². The Labute approximate surface area is 160 Å². The van der Waals surface area contributed by atoms with Crippen molar-refractivity contribution in [1.82, 2.24) is 4.90 Å². The number of rotatable bonds is 7. The van der Waals surface area contributed by atoms with Gasteiger partial charge in [0.25, 0.3) is 0 Å². The average Bonchev–Trinajstić information content (AvgIpc) is 3.04. The van der Waals surface area contributed by atoms with Crippen molar-refractivity contribution in [3.05, 3.63) is 54.1 Å². The van der Waals surface area contributed by atoms with Crippen LogP contribution in [0.25, 0.3) is 11.1 Å². The number of carboxylic acid groups (broad SMARTS) is 1. The van der Waals surface area contributed by atoms with Crippen LogP contribution in [0.1, 0.15) is 25.3 Å². The van der Waals surface area contributed by atoms with Crippen molar-refractivity contribution >= 4 is 15.8 Å². The molecule has 1 unspecified atom stereocenters. The Bertz CT molecular complexity index is 889. The van der Waals surface area contributed by atoms with Crippen LogP contribution in [0.15, 0.2) is 53.4 Å². The first-order chi connectivity index (χ1) is 12.8. The molecule has 3 rings (SSSR count). The molecule has 1 saturated heterocycles. The molecule has 1 atom stereocenters. The zero-order valence-electron chi connectivity index (χ0n) is 15.5. The smallest absolute Gasteiger partial charge is 0.319 e. The predicted molar refractivity (Wildman–Crippen MR) is 106 cm³/mol. The van der Waals surface area contributed by atoms with Crippen LogP contribution in [-0.4, -0.2) is 49.3 Å². The fraction of sp³-hybridized carbons (Fsp3) is 0.381. The number of carboxylic acids is 1. The van der Waals surface area contributed by atoms with E-state index in [-0.39, 0.29) is 4.90 Å². The maximum absolute atomic E-state index is 12.0. The topological polar surface area (TPSA) is 74.7 Å². The number of carbonyl (C=O) groups is 1. The first-order valence-electron chi connectivity index (χ1n) is 9.23. The van der Waals surface area contributed by atoms with E-state index in [0.717, 1.165) is 24.1 Å². The van der Waals surface area contributed by atoms with Gasteiger partial charge in [-0.25, -0.2) is 8.42 Å². The lowest BCUT2D eigenvalue weighted by Gasteiger charge is -2.20. The molecular formula is C21H25NO4S. The largest absolute Gasteiger partial charge is 0.480 e. The second kappa shape index (κ2) is 8.23. The summed E-state index contributed by atoms with van der Waals surface area (Å²) < 4.78 is 23.9. The van der Waals surface area contributed by atoms with Crippen LogP contribution >= 0.6 is 0 Å². The standard InChI is InChI=1S/C21H25NO4S/c1-16-3-2-13-22(16)14-12-17-4-6-18(7-5-17)19-8-10-20(11-9-19)27(25,26)15-21(23)24/h4-11,16H,2-3,12-15H2,1H3,(H,23,24). The Morgan fingerprint density at radius 2 is 1.67 bits per heavy atom. The Hall–Kier alpha value is -2.18. The zero-order valence-corrected chi connectivity index (χ0v) is 16.3. The van der Waals surface area contributed by atoms with E-state index in [1.807, 2.05) is 12.1 Å². The molecule has 1 aliphatic heterocycles. The summed E-state index contributed by atoms with van der Waals surface area (Å²) in [4.78, 5) is 13.2. The molecule has 6 heteroatoms. The van der Waals surface area contributed by atoms with E-state index in [4.69, 9.17) is 5.11 Å². The number of likely N-dealkylation sites (tertiary alicyclic amines) is 1. The van der Waals surface area contributed by atoms with Crippen molar-refractivity contribution in [3.63, 3.8) is 0 Å². The lowest BCUT2D eigenvalue weighted by molar-refractivity contribution is -0.134. The molecular weight excluding hydrogens is 362 g/mol. The van der Waals surface area contributed by atoms with Gasteiger partial charge in [0, 0.05) is 12.6 Å². The lowest BCUT2D eigenvalue weighted by Crippen LogP contribution is -2.28. The van der Waals surface area contributed by atoms with Gasteiger partial charge in [0.05, 0.1) is 4.90 Å². The summed E-state index contributed by atoms with van der Waals surface area (Å²) in [5.74, 6) is -2.24. The molecule has 27 heavy (non-hydrogen) atoms. The minimum absolute atomic E-state index is 0.0324. The second-order valence-electron chi connectivity index (χ2n) is 7.15. The molecule has 0 aliphatic carbocycles. The summed E-state index contributed by atoms with van der Waals surface area (Å²) in [6.45, 7) is 4.56. The van der Waals surface area contributed by atoms with Crippen molar-refractivity contribution in [2.24, 2.45) is 0 Å². The van der Waals surface area contributed by atoms with Crippen molar-refractivity contribution in [2.75, 3.05) is 18.8 Å². The predicted octanol–water partition coefficient (Wildman–Crippen LogP) is 3.24. The Kier molecular flexibility index (Phi) is 5.97. The monoisotopic (exact) mass is 387 g/mol. The Morgan fingerprint density at radius 1 is 1.07 bits per heavy atom. The number of hydrogen-bond donors (Lipinski definition) is 1. The van der Waals surface area contributed by atoms with Crippen LogP contribution in [0.5, 0.6) is 0 Å². The van der Waals surface area contributed by atoms with Gasteiger partial charge in [-0.3, -0.25) is 4.79 Å². The van der Waals surface area contributed by atoms with E-state index in [0.29, 0.717) is 6.04 Å². The summed E-state index contributed by atoms with van der Waals surface area (Å²) in [6, 6.07) is 15.4. The number of sulfone groups is 1. The maximum Gasteiger partial charge on any atom is 0.319 e. The Morgan fingerprint density at radius 3 is 2.19 bits per heavy atom. The number of nitrogens with zero attached hydrogens (tertiary/aromatic N) is 1. The van der Waals surface area contributed by atoms with Crippen molar-refractivity contribution in [1.29, 1.82) is 0 Å². The average molecular weight is 388 g/mol. The van der Waals surface area contributed by atoms with Gasteiger partial charge in [0.15, 0.2) is 15.6 Å². The normalized spacial score (nSPS) is 17.9. The molecule has 0 radical (unpaired) electrons. The molecule has 0 aromatic heterocycles. The highest BCUT2D eigenvalue weighted by Gasteiger charge is 2.20. The number of hydrogen-bond acceptors (Lipinski definition) is 4. The van der Waals surface area contributed by atoms with Gasteiger partial charge < -0.3 is 10.0 Å². The third kappa shape index (κ3) is 4.96. The molecule has 0 saturated carbocycles. The highest BCUT2D eigenvalue weighted by atomic mass is 32.2. The molecule has 2 aromatic rings. The molecule has 0 bridgehead atoms. The maximum atomic E-state index is 12.0. The number of benzene rings is 2. The molecule has 0 amide bonds.